The average molecular weight is 344 g/mol. The van der Waals surface area contributed by atoms with Crippen molar-refractivity contribution in [3.05, 3.63) is 22.8 Å². The lowest BCUT2D eigenvalue weighted by molar-refractivity contribution is 0.0884. The SMILES string of the molecule is Nc1cc(CCC(O)CO)c(N)c(CCS)c1CCC(O)CO. The second-order valence-corrected chi connectivity index (χ2v) is 6.17. The molecule has 1 aromatic rings. The van der Waals surface area contributed by atoms with Crippen molar-refractivity contribution in [2.75, 3.05) is 30.4 Å². The van der Waals surface area contributed by atoms with E-state index < -0.39 is 12.2 Å². The molecule has 0 amide bonds. The van der Waals surface area contributed by atoms with Crippen molar-refractivity contribution in [3.8, 4) is 0 Å². The number of aliphatic hydroxyl groups excluding tert-OH is 4. The van der Waals surface area contributed by atoms with Crippen LogP contribution in [0.4, 0.5) is 11.4 Å². The third-order valence-corrected chi connectivity index (χ3v) is 4.19. The van der Waals surface area contributed by atoms with Crippen LogP contribution in [0.1, 0.15) is 29.5 Å². The second-order valence-electron chi connectivity index (χ2n) is 5.72. The Bertz CT molecular complexity index is 499. The van der Waals surface area contributed by atoms with Gasteiger partial charge < -0.3 is 31.9 Å². The monoisotopic (exact) mass is 344 g/mol. The predicted octanol–water partition coefficient (Wildman–Crippen LogP) is -0.105. The third-order valence-electron chi connectivity index (χ3n) is 3.97. The number of thiol groups is 1. The quantitative estimate of drug-likeness (QED) is 0.234. The van der Waals surface area contributed by atoms with Gasteiger partial charge in [-0.3, -0.25) is 0 Å². The predicted molar refractivity (Wildman–Crippen MR) is 95.7 cm³/mol. The Kier molecular flexibility index (Phi) is 8.72. The highest BCUT2D eigenvalue weighted by Crippen LogP contribution is 2.31. The zero-order valence-corrected chi connectivity index (χ0v) is 14.2. The number of nitrogens with two attached hydrogens (primary N) is 2. The molecule has 6 nitrogen and oxygen atoms in total. The summed E-state index contributed by atoms with van der Waals surface area (Å²) in [4.78, 5) is 0. The number of hydrogen-bond acceptors (Lipinski definition) is 7. The van der Waals surface area contributed by atoms with Gasteiger partial charge in [-0.1, -0.05) is 0 Å². The number of aryl methyl sites for hydroxylation is 1. The molecule has 0 saturated heterocycles. The number of nitrogen functional groups attached to an aromatic ring is 2. The Morgan fingerprint density at radius 1 is 0.913 bits per heavy atom. The van der Waals surface area contributed by atoms with Crippen LogP contribution < -0.4 is 11.5 Å². The van der Waals surface area contributed by atoms with Crippen LogP contribution in [-0.4, -0.2) is 51.6 Å². The smallest absolute Gasteiger partial charge is 0.0774 e. The maximum Gasteiger partial charge on any atom is 0.0774 e. The Labute approximate surface area is 142 Å². The van der Waals surface area contributed by atoms with E-state index in [1.807, 2.05) is 0 Å². The summed E-state index contributed by atoms with van der Waals surface area (Å²) in [6.07, 6.45) is 0.963. The Morgan fingerprint density at radius 2 is 1.48 bits per heavy atom. The molecular weight excluding hydrogens is 316 g/mol. The lowest BCUT2D eigenvalue weighted by Crippen LogP contribution is -2.16. The molecule has 1 rings (SSSR count). The van der Waals surface area contributed by atoms with Crippen molar-refractivity contribution in [3.63, 3.8) is 0 Å². The number of benzene rings is 1. The Hall–Kier alpha value is -0.990. The van der Waals surface area contributed by atoms with Gasteiger partial charge in [0.25, 0.3) is 0 Å². The first-order valence-corrected chi connectivity index (χ1v) is 8.45. The Balaban J connectivity index is 3.04. The van der Waals surface area contributed by atoms with Crippen LogP contribution in [0.3, 0.4) is 0 Å². The fourth-order valence-electron chi connectivity index (χ4n) is 2.60. The van der Waals surface area contributed by atoms with E-state index in [1.54, 1.807) is 6.07 Å². The van der Waals surface area contributed by atoms with Gasteiger partial charge in [-0.05, 0) is 60.6 Å². The summed E-state index contributed by atoms with van der Waals surface area (Å²) in [5, 5.41) is 36.9. The maximum atomic E-state index is 9.54. The molecule has 0 bridgehead atoms. The molecule has 0 fully saturated rings. The molecule has 0 aliphatic heterocycles. The molecule has 132 valence electrons. The summed E-state index contributed by atoms with van der Waals surface area (Å²) in [6, 6.07) is 1.79. The fraction of sp³-hybridized carbons (Fsp3) is 0.625. The lowest BCUT2D eigenvalue weighted by Gasteiger charge is -2.19. The topological polar surface area (TPSA) is 133 Å². The van der Waals surface area contributed by atoms with E-state index in [0.29, 0.717) is 49.2 Å². The van der Waals surface area contributed by atoms with E-state index in [4.69, 9.17) is 21.7 Å². The van der Waals surface area contributed by atoms with Gasteiger partial charge in [0.2, 0.25) is 0 Å². The van der Waals surface area contributed by atoms with Crippen molar-refractivity contribution in [1.29, 1.82) is 0 Å². The minimum atomic E-state index is -0.779. The summed E-state index contributed by atoms with van der Waals surface area (Å²) >= 11 is 4.26. The highest BCUT2D eigenvalue weighted by molar-refractivity contribution is 7.80. The van der Waals surface area contributed by atoms with Crippen molar-refractivity contribution >= 4 is 24.0 Å². The number of anilines is 2. The minimum absolute atomic E-state index is 0.282. The van der Waals surface area contributed by atoms with Crippen LogP contribution in [0, 0.1) is 0 Å². The number of aliphatic hydroxyl groups is 4. The molecule has 0 saturated carbocycles. The summed E-state index contributed by atoms with van der Waals surface area (Å²) in [6.45, 7) is -0.565. The van der Waals surface area contributed by atoms with E-state index in [0.717, 1.165) is 16.7 Å². The van der Waals surface area contributed by atoms with Gasteiger partial charge in [0.15, 0.2) is 0 Å². The average Bonchev–Trinajstić information content (AvgIpc) is 2.55. The first-order chi connectivity index (χ1) is 10.9. The zero-order valence-electron chi connectivity index (χ0n) is 13.3. The molecule has 0 aliphatic carbocycles. The molecule has 8 N–H and O–H groups in total. The molecular formula is C16H28N2O4S. The molecule has 2 unspecified atom stereocenters. The summed E-state index contributed by atoms with van der Waals surface area (Å²) in [5.41, 5.74) is 16.3. The van der Waals surface area contributed by atoms with Crippen LogP contribution in [0.15, 0.2) is 6.07 Å². The van der Waals surface area contributed by atoms with Crippen LogP contribution in [0.25, 0.3) is 0 Å². The summed E-state index contributed by atoms with van der Waals surface area (Å²) in [7, 11) is 0. The van der Waals surface area contributed by atoms with Gasteiger partial charge >= 0.3 is 0 Å². The first-order valence-electron chi connectivity index (χ1n) is 7.81. The molecule has 7 heteroatoms. The van der Waals surface area contributed by atoms with E-state index in [1.165, 1.54) is 0 Å². The van der Waals surface area contributed by atoms with E-state index in [-0.39, 0.29) is 13.2 Å². The van der Waals surface area contributed by atoms with Crippen LogP contribution in [-0.2, 0) is 19.3 Å². The summed E-state index contributed by atoms with van der Waals surface area (Å²) < 4.78 is 0. The van der Waals surface area contributed by atoms with E-state index >= 15 is 0 Å². The van der Waals surface area contributed by atoms with Crippen molar-refractivity contribution in [1.82, 2.24) is 0 Å². The van der Waals surface area contributed by atoms with Crippen molar-refractivity contribution in [2.45, 2.75) is 44.3 Å². The minimum Gasteiger partial charge on any atom is -0.398 e. The summed E-state index contributed by atoms with van der Waals surface area (Å²) in [5.74, 6) is 0.613. The molecule has 0 aromatic heterocycles. The first kappa shape index (κ1) is 20.1. The molecule has 0 spiro atoms. The molecule has 0 aliphatic rings. The highest BCUT2D eigenvalue weighted by atomic mass is 32.1. The van der Waals surface area contributed by atoms with Crippen LogP contribution >= 0.6 is 12.6 Å². The van der Waals surface area contributed by atoms with Gasteiger partial charge in [0.1, 0.15) is 0 Å². The van der Waals surface area contributed by atoms with Gasteiger partial charge in [-0.2, -0.15) is 12.6 Å². The van der Waals surface area contributed by atoms with Crippen molar-refractivity contribution in [2.24, 2.45) is 0 Å². The van der Waals surface area contributed by atoms with Crippen LogP contribution in [0.2, 0.25) is 0 Å². The van der Waals surface area contributed by atoms with E-state index in [9.17, 15) is 10.2 Å². The van der Waals surface area contributed by atoms with Crippen molar-refractivity contribution < 1.29 is 20.4 Å². The molecule has 23 heavy (non-hydrogen) atoms. The lowest BCUT2D eigenvalue weighted by atomic mass is 9.91. The number of hydrogen-bond donors (Lipinski definition) is 7. The molecule has 2 atom stereocenters. The fourth-order valence-corrected chi connectivity index (χ4v) is 2.82. The van der Waals surface area contributed by atoms with Gasteiger partial charge in [0.05, 0.1) is 25.4 Å². The molecule has 0 heterocycles. The maximum absolute atomic E-state index is 9.54. The molecule has 0 radical (unpaired) electrons. The van der Waals surface area contributed by atoms with Gasteiger partial charge in [-0.25, -0.2) is 0 Å². The van der Waals surface area contributed by atoms with Crippen LogP contribution in [0.5, 0.6) is 0 Å². The largest absolute Gasteiger partial charge is 0.398 e. The third kappa shape index (κ3) is 5.86. The number of rotatable bonds is 10. The second kappa shape index (κ2) is 10.00. The molecule has 1 aromatic carbocycles. The highest BCUT2D eigenvalue weighted by Gasteiger charge is 2.16. The van der Waals surface area contributed by atoms with Gasteiger partial charge in [-0.15, -0.1) is 0 Å². The zero-order chi connectivity index (χ0) is 17.4. The van der Waals surface area contributed by atoms with Gasteiger partial charge in [0, 0.05) is 11.4 Å². The van der Waals surface area contributed by atoms with E-state index in [2.05, 4.69) is 12.6 Å². The Morgan fingerprint density at radius 3 is 2.00 bits per heavy atom. The standard InChI is InChI=1S/C16H28N2O4S/c17-15-7-10(1-2-11(21)8-19)16(18)14(5-6-23)13(15)4-3-12(22)9-20/h7,11-12,19-23H,1-6,8-9,17-18H2. The normalized spacial score (nSPS) is 14.0.